The van der Waals surface area contributed by atoms with Crippen molar-refractivity contribution in [2.75, 3.05) is 19.7 Å². The van der Waals surface area contributed by atoms with Crippen molar-refractivity contribution < 1.29 is 14.7 Å². The molecule has 1 aromatic carbocycles. The van der Waals surface area contributed by atoms with Crippen LogP contribution in [-0.2, 0) is 4.79 Å². The molecule has 1 aliphatic heterocycles. The molecule has 0 aliphatic carbocycles. The molecule has 2 rings (SSSR count). The van der Waals surface area contributed by atoms with Gasteiger partial charge in [-0.1, -0.05) is 56.0 Å². The van der Waals surface area contributed by atoms with E-state index >= 15 is 0 Å². The van der Waals surface area contributed by atoms with Gasteiger partial charge in [0.15, 0.2) is 0 Å². The normalized spacial score (nSPS) is 15.0. The first-order valence-corrected chi connectivity index (χ1v) is 8.54. The lowest BCUT2D eigenvalue weighted by Crippen LogP contribution is -2.32. The Kier molecular flexibility index (Phi) is 7.42. The number of rotatable bonds is 10. The van der Waals surface area contributed by atoms with E-state index in [1.54, 1.807) is 6.21 Å². The fourth-order valence-electron chi connectivity index (χ4n) is 2.60. The second-order valence-electron chi connectivity index (χ2n) is 5.89. The van der Waals surface area contributed by atoms with Gasteiger partial charge in [-0.2, -0.15) is 5.10 Å². The van der Waals surface area contributed by atoms with E-state index in [1.807, 2.05) is 30.3 Å². The fourth-order valence-corrected chi connectivity index (χ4v) is 2.60. The summed E-state index contributed by atoms with van der Waals surface area (Å²) < 4.78 is 0. The molecule has 6 nitrogen and oxygen atoms in total. The predicted molar refractivity (Wildman–Crippen MR) is 92.6 cm³/mol. The molecule has 1 aromatic rings. The lowest BCUT2D eigenvalue weighted by Gasteiger charge is -2.13. The number of benzene rings is 1. The second-order valence-corrected chi connectivity index (χ2v) is 5.89. The van der Waals surface area contributed by atoms with Gasteiger partial charge in [0.1, 0.15) is 6.54 Å². The van der Waals surface area contributed by atoms with Crippen LogP contribution in [-0.4, -0.2) is 52.9 Å². The lowest BCUT2D eigenvalue weighted by molar-refractivity contribution is -0.125. The maximum atomic E-state index is 12.2. The third kappa shape index (κ3) is 5.45. The Morgan fingerprint density at radius 2 is 1.67 bits per heavy atom. The third-order valence-corrected chi connectivity index (χ3v) is 3.97. The first-order valence-electron chi connectivity index (χ1n) is 8.54. The van der Waals surface area contributed by atoms with Gasteiger partial charge in [0.25, 0.3) is 5.91 Å². The van der Waals surface area contributed by atoms with Crippen LogP contribution in [0.1, 0.15) is 44.1 Å². The van der Waals surface area contributed by atoms with E-state index < -0.39 is 0 Å². The molecule has 0 atom stereocenters. The van der Waals surface area contributed by atoms with Crippen molar-refractivity contribution in [2.45, 2.75) is 38.5 Å². The molecule has 1 fully saturated rings. The number of carbonyl (C=O) groups is 2. The van der Waals surface area contributed by atoms with Gasteiger partial charge in [-0.25, -0.2) is 9.80 Å². The quantitative estimate of drug-likeness (QED) is 0.407. The summed E-state index contributed by atoms with van der Waals surface area (Å²) in [4.78, 5) is 25.5. The maximum absolute atomic E-state index is 12.2. The molecule has 6 heteroatoms. The van der Waals surface area contributed by atoms with Crippen LogP contribution >= 0.6 is 0 Å². The first-order chi connectivity index (χ1) is 11.7. The van der Waals surface area contributed by atoms with Crippen LogP contribution in [0.15, 0.2) is 35.4 Å². The van der Waals surface area contributed by atoms with Crippen molar-refractivity contribution in [1.82, 2.24) is 9.91 Å². The average molecular weight is 331 g/mol. The Balaban J connectivity index is 1.74. The Morgan fingerprint density at radius 1 is 1.00 bits per heavy atom. The van der Waals surface area contributed by atoms with Gasteiger partial charge in [0, 0.05) is 13.2 Å². The Bertz CT molecular complexity index is 560. The number of nitrogens with zero attached hydrogens (tertiary/aromatic N) is 3. The molecule has 3 amide bonds. The summed E-state index contributed by atoms with van der Waals surface area (Å²) in [5.41, 5.74) is 0.888. The average Bonchev–Trinajstić information content (AvgIpc) is 2.87. The predicted octanol–water partition coefficient (Wildman–Crippen LogP) is 2.62. The summed E-state index contributed by atoms with van der Waals surface area (Å²) in [6.45, 7) is 0.712. The van der Waals surface area contributed by atoms with Crippen molar-refractivity contribution in [2.24, 2.45) is 5.10 Å². The molecular formula is C18H25N3O3. The zero-order chi connectivity index (χ0) is 17.2. The van der Waals surface area contributed by atoms with Crippen LogP contribution in [0, 0.1) is 0 Å². The van der Waals surface area contributed by atoms with E-state index in [2.05, 4.69) is 5.10 Å². The number of hydrogen-bond donors (Lipinski definition) is 1. The van der Waals surface area contributed by atoms with E-state index in [1.165, 1.54) is 9.91 Å². The number of aliphatic hydroxyl groups is 1. The number of urea groups is 1. The van der Waals surface area contributed by atoms with E-state index in [9.17, 15) is 9.59 Å². The van der Waals surface area contributed by atoms with Crippen molar-refractivity contribution in [3.8, 4) is 0 Å². The fraction of sp³-hybridized carbons (Fsp3) is 0.500. The summed E-state index contributed by atoms with van der Waals surface area (Å²) in [5.74, 6) is -0.189. The van der Waals surface area contributed by atoms with Crippen molar-refractivity contribution in [1.29, 1.82) is 0 Å². The minimum Gasteiger partial charge on any atom is -0.396 e. The van der Waals surface area contributed by atoms with Gasteiger partial charge in [-0.05, 0) is 18.4 Å². The van der Waals surface area contributed by atoms with Crippen LogP contribution in [0.3, 0.4) is 0 Å². The molecule has 0 spiro atoms. The summed E-state index contributed by atoms with van der Waals surface area (Å²) in [5, 5.41) is 14.1. The van der Waals surface area contributed by atoms with Gasteiger partial charge < -0.3 is 5.11 Å². The lowest BCUT2D eigenvalue weighted by atomic mass is 10.1. The number of hydrogen-bond acceptors (Lipinski definition) is 4. The molecule has 24 heavy (non-hydrogen) atoms. The first kappa shape index (κ1) is 18.1. The standard InChI is InChI=1S/C18H25N3O3/c22-13-9-4-2-1-3-8-12-20-17(23)15-21(18(20)24)19-14-16-10-6-5-7-11-16/h5-7,10-11,14,22H,1-4,8-9,12-13,15H2/b19-14+. The minimum absolute atomic E-state index is 0.0126. The Morgan fingerprint density at radius 3 is 2.38 bits per heavy atom. The molecule has 0 bridgehead atoms. The topological polar surface area (TPSA) is 73.2 Å². The molecule has 0 saturated carbocycles. The van der Waals surface area contributed by atoms with Crippen molar-refractivity contribution in [3.05, 3.63) is 35.9 Å². The second kappa shape index (κ2) is 9.82. The largest absolute Gasteiger partial charge is 0.396 e. The molecule has 0 aromatic heterocycles. The molecule has 0 unspecified atom stereocenters. The smallest absolute Gasteiger partial charge is 0.347 e. The number of amides is 3. The highest BCUT2D eigenvalue weighted by Crippen LogP contribution is 2.13. The number of aliphatic hydroxyl groups excluding tert-OH is 1. The van der Waals surface area contributed by atoms with E-state index in [4.69, 9.17) is 5.11 Å². The van der Waals surface area contributed by atoms with E-state index in [-0.39, 0.29) is 25.1 Å². The third-order valence-electron chi connectivity index (χ3n) is 3.97. The summed E-state index contributed by atoms with van der Waals surface area (Å²) >= 11 is 0. The van der Waals surface area contributed by atoms with Crippen molar-refractivity contribution in [3.63, 3.8) is 0 Å². The van der Waals surface area contributed by atoms with Gasteiger partial charge in [0.2, 0.25) is 0 Å². The number of unbranched alkanes of at least 4 members (excludes halogenated alkanes) is 5. The Labute approximate surface area is 142 Å². The molecular weight excluding hydrogens is 306 g/mol. The van der Waals surface area contributed by atoms with Gasteiger partial charge >= 0.3 is 6.03 Å². The highest BCUT2D eigenvalue weighted by atomic mass is 16.3. The highest BCUT2D eigenvalue weighted by molar-refractivity contribution is 6.02. The molecule has 1 aliphatic rings. The number of imide groups is 1. The van der Waals surface area contributed by atoms with Gasteiger partial charge in [-0.3, -0.25) is 9.69 Å². The zero-order valence-electron chi connectivity index (χ0n) is 13.9. The number of carbonyl (C=O) groups excluding carboxylic acids is 2. The maximum Gasteiger partial charge on any atom is 0.347 e. The molecule has 1 saturated heterocycles. The molecule has 1 heterocycles. The zero-order valence-corrected chi connectivity index (χ0v) is 13.9. The minimum atomic E-state index is -0.340. The summed E-state index contributed by atoms with van der Waals surface area (Å²) in [6.07, 6.45) is 7.40. The summed E-state index contributed by atoms with van der Waals surface area (Å²) in [7, 11) is 0. The number of hydrazone groups is 1. The van der Waals surface area contributed by atoms with Crippen molar-refractivity contribution >= 4 is 18.2 Å². The van der Waals surface area contributed by atoms with Crippen LogP contribution < -0.4 is 0 Å². The van der Waals surface area contributed by atoms with E-state index in [0.717, 1.165) is 44.1 Å². The molecule has 0 radical (unpaired) electrons. The molecule has 1 N–H and O–H groups in total. The Hall–Kier alpha value is -2.21. The van der Waals surface area contributed by atoms with E-state index in [0.29, 0.717) is 6.54 Å². The monoisotopic (exact) mass is 331 g/mol. The van der Waals surface area contributed by atoms with Crippen LogP contribution in [0.25, 0.3) is 0 Å². The highest BCUT2D eigenvalue weighted by Gasteiger charge is 2.35. The van der Waals surface area contributed by atoms with Crippen LogP contribution in [0.2, 0.25) is 0 Å². The summed E-state index contributed by atoms with van der Waals surface area (Å²) in [6, 6.07) is 9.14. The molecule has 130 valence electrons. The van der Waals surface area contributed by atoms with Gasteiger partial charge in [-0.15, -0.1) is 0 Å². The van der Waals surface area contributed by atoms with Gasteiger partial charge in [0.05, 0.1) is 6.21 Å². The van der Waals surface area contributed by atoms with Crippen LogP contribution in [0.4, 0.5) is 4.79 Å². The SMILES string of the molecule is O=C1CN(/N=C/c2ccccc2)C(=O)N1CCCCCCCCO. The van der Waals surface area contributed by atoms with Crippen LogP contribution in [0.5, 0.6) is 0 Å².